The summed E-state index contributed by atoms with van der Waals surface area (Å²) < 4.78 is 9.66. The van der Waals surface area contributed by atoms with Gasteiger partial charge in [-0.2, -0.15) is 5.10 Å². The van der Waals surface area contributed by atoms with Gasteiger partial charge in [0.15, 0.2) is 5.82 Å². The number of aromatic nitrogens is 6. The molecule has 0 unspecified atom stereocenters. The van der Waals surface area contributed by atoms with Crippen LogP contribution in [0.15, 0.2) is 18.5 Å². The molecule has 7 nitrogen and oxygen atoms in total. The minimum absolute atomic E-state index is 0.408. The van der Waals surface area contributed by atoms with Gasteiger partial charge < -0.3 is 9.30 Å². The van der Waals surface area contributed by atoms with Crippen molar-refractivity contribution in [1.29, 1.82) is 0 Å². The number of hydrogen-bond acceptors (Lipinski definition) is 5. The second-order valence-corrected chi connectivity index (χ2v) is 5.68. The predicted molar refractivity (Wildman–Crippen MR) is 85.4 cm³/mol. The second kappa shape index (κ2) is 5.34. The molecule has 0 amide bonds. The Morgan fingerprint density at radius 2 is 2.17 bits per heavy atom. The van der Waals surface area contributed by atoms with Gasteiger partial charge in [0.25, 0.3) is 0 Å². The smallest absolute Gasteiger partial charge is 0.178 e. The van der Waals surface area contributed by atoms with E-state index in [1.54, 1.807) is 12.3 Å². The minimum Gasteiger partial charge on any atom is -0.491 e. The Morgan fingerprint density at radius 3 is 3.00 bits per heavy atom. The lowest BCUT2D eigenvalue weighted by molar-refractivity contribution is 0.306. The molecule has 4 rings (SSSR count). The maximum absolute atomic E-state index is 5.96. The number of fused-ring (bicyclic) bond motifs is 3. The molecular formula is C15H15ClN6O. The van der Waals surface area contributed by atoms with Crippen molar-refractivity contribution in [2.45, 2.75) is 26.9 Å². The summed E-state index contributed by atoms with van der Waals surface area (Å²) in [4.78, 5) is 13.4. The number of nitrogens with zero attached hydrogens (tertiary/aromatic N) is 6. The van der Waals surface area contributed by atoms with E-state index in [1.165, 1.54) is 0 Å². The summed E-state index contributed by atoms with van der Waals surface area (Å²) in [5, 5.41) is 4.80. The molecule has 3 aromatic heterocycles. The molecule has 0 spiro atoms. The lowest BCUT2D eigenvalue weighted by Crippen LogP contribution is -2.04. The number of hydrogen-bond donors (Lipinski definition) is 0. The van der Waals surface area contributed by atoms with E-state index in [2.05, 4.69) is 19.6 Å². The van der Waals surface area contributed by atoms with Gasteiger partial charge in [-0.15, -0.1) is 0 Å². The molecule has 0 aromatic carbocycles. The summed E-state index contributed by atoms with van der Waals surface area (Å²) in [6, 6.07) is 1.72. The SMILES string of the molecule is CCn1nc(C)nc1-c1cn2c(n1)-c1cnc(Cl)cc1OCC2. The van der Waals surface area contributed by atoms with E-state index < -0.39 is 0 Å². The van der Waals surface area contributed by atoms with Crippen molar-refractivity contribution in [3.63, 3.8) is 0 Å². The Labute approximate surface area is 137 Å². The molecule has 0 atom stereocenters. The molecule has 4 heterocycles. The zero-order chi connectivity index (χ0) is 16.0. The summed E-state index contributed by atoms with van der Waals surface area (Å²) in [7, 11) is 0. The van der Waals surface area contributed by atoms with Gasteiger partial charge in [0, 0.05) is 25.0 Å². The van der Waals surface area contributed by atoms with Gasteiger partial charge in [-0.05, 0) is 13.8 Å². The third kappa shape index (κ3) is 2.37. The van der Waals surface area contributed by atoms with Crippen molar-refractivity contribution in [3.05, 3.63) is 29.4 Å². The van der Waals surface area contributed by atoms with E-state index in [1.807, 2.05) is 24.7 Å². The van der Waals surface area contributed by atoms with Gasteiger partial charge in [0.05, 0.1) is 12.1 Å². The van der Waals surface area contributed by atoms with Gasteiger partial charge in [-0.1, -0.05) is 11.6 Å². The van der Waals surface area contributed by atoms with Crippen LogP contribution < -0.4 is 4.74 Å². The summed E-state index contributed by atoms with van der Waals surface area (Å²) in [6.07, 6.45) is 3.68. The van der Waals surface area contributed by atoms with Gasteiger partial charge >= 0.3 is 0 Å². The molecule has 0 radical (unpaired) electrons. The fourth-order valence-corrected chi connectivity index (χ4v) is 2.88. The van der Waals surface area contributed by atoms with Gasteiger partial charge in [0.1, 0.15) is 34.9 Å². The van der Waals surface area contributed by atoms with Crippen LogP contribution in [0.3, 0.4) is 0 Å². The molecule has 1 aliphatic rings. The van der Waals surface area contributed by atoms with Crippen LogP contribution in [-0.4, -0.2) is 35.9 Å². The quantitative estimate of drug-likeness (QED) is 0.675. The first-order valence-electron chi connectivity index (χ1n) is 7.43. The van der Waals surface area contributed by atoms with Crippen LogP contribution in [0.25, 0.3) is 22.9 Å². The third-order valence-electron chi connectivity index (χ3n) is 3.75. The van der Waals surface area contributed by atoms with Crippen LogP contribution in [0.4, 0.5) is 0 Å². The number of halogens is 1. The van der Waals surface area contributed by atoms with Crippen molar-refractivity contribution in [2.24, 2.45) is 0 Å². The zero-order valence-corrected chi connectivity index (χ0v) is 13.6. The molecule has 0 aliphatic carbocycles. The van der Waals surface area contributed by atoms with E-state index in [9.17, 15) is 0 Å². The van der Waals surface area contributed by atoms with Crippen molar-refractivity contribution >= 4 is 11.6 Å². The average Bonchev–Trinajstić information content (AvgIpc) is 3.07. The summed E-state index contributed by atoms with van der Waals surface area (Å²) >= 11 is 5.96. The first kappa shape index (κ1) is 14.2. The predicted octanol–water partition coefficient (Wildman–Crippen LogP) is 2.58. The van der Waals surface area contributed by atoms with Crippen LogP contribution in [-0.2, 0) is 13.1 Å². The highest BCUT2D eigenvalue weighted by atomic mass is 35.5. The summed E-state index contributed by atoms with van der Waals surface area (Å²) in [5.41, 5.74) is 1.63. The van der Waals surface area contributed by atoms with Crippen LogP contribution in [0.5, 0.6) is 5.75 Å². The Morgan fingerprint density at radius 1 is 1.30 bits per heavy atom. The van der Waals surface area contributed by atoms with Crippen LogP contribution in [0, 0.1) is 6.92 Å². The lowest BCUT2D eigenvalue weighted by Gasteiger charge is -2.05. The maximum atomic E-state index is 5.96. The molecule has 0 saturated carbocycles. The highest BCUT2D eigenvalue weighted by molar-refractivity contribution is 6.29. The molecule has 0 N–H and O–H groups in total. The minimum atomic E-state index is 0.408. The first-order valence-corrected chi connectivity index (χ1v) is 7.81. The molecule has 118 valence electrons. The van der Waals surface area contributed by atoms with E-state index in [-0.39, 0.29) is 0 Å². The number of ether oxygens (including phenoxy) is 1. The Balaban J connectivity index is 1.87. The molecule has 3 aromatic rings. The Bertz CT molecular complexity index is 884. The monoisotopic (exact) mass is 330 g/mol. The first-order chi connectivity index (χ1) is 11.2. The lowest BCUT2D eigenvalue weighted by atomic mass is 10.2. The Hall–Kier alpha value is -2.41. The molecule has 23 heavy (non-hydrogen) atoms. The molecule has 0 bridgehead atoms. The van der Waals surface area contributed by atoms with Crippen LogP contribution >= 0.6 is 11.6 Å². The van der Waals surface area contributed by atoms with Crippen molar-refractivity contribution in [2.75, 3.05) is 6.61 Å². The summed E-state index contributed by atoms with van der Waals surface area (Å²) in [6.45, 7) is 5.91. The van der Waals surface area contributed by atoms with Gasteiger partial charge in [0.2, 0.25) is 0 Å². The Kier molecular flexibility index (Phi) is 3.30. The number of pyridine rings is 1. The summed E-state index contributed by atoms with van der Waals surface area (Å²) in [5.74, 6) is 3.02. The average molecular weight is 331 g/mol. The normalized spacial score (nSPS) is 13.2. The number of rotatable bonds is 2. The van der Waals surface area contributed by atoms with Crippen molar-refractivity contribution in [1.82, 2.24) is 29.3 Å². The van der Waals surface area contributed by atoms with E-state index >= 15 is 0 Å². The molecule has 0 fully saturated rings. The van der Waals surface area contributed by atoms with Crippen LogP contribution in [0.2, 0.25) is 5.15 Å². The molecule has 0 saturated heterocycles. The topological polar surface area (TPSA) is 70.7 Å². The van der Waals surface area contributed by atoms with Crippen molar-refractivity contribution in [3.8, 4) is 28.7 Å². The zero-order valence-electron chi connectivity index (χ0n) is 12.8. The maximum Gasteiger partial charge on any atom is 0.178 e. The standard InChI is InChI=1S/C15H15ClN6O/c1-3-22-15(18-9(2)20-22)11-8-21-4-5-23-12-6-13(16)17-7-10(12)14(21)19-11/h6-8H,3-5H2,1-2H3. The number of imidazole rings is 1. The number of aryl methyl sites for hydroxylation is 2. The molecular weight excluding hydrogens is 316 g/mol. The van der Waals surface area contributed by atoms with E-state index in [4.69, 9.17) is 21.3 Å². The molecule has 1 aliphatic heterocycles. The largest absolute Gasteiger partial charge is 0.491 e. The second-order valence-electron chi connectivity index (χ2n) is 5.29. The fraction of sp³-hybridized carbons (Fsp3) is 0.333. The highest BCUT2D eigenvalue weighted by Gasteiger charge is 2.21. The fourth-order valence-electron chi connectivity index (χ4n) is 2.73. The van der Waals surface area contributed by atoms with E-state index in [0.717, 1.165) is 35.3 Å². The van der Waals surface area contributed by atoms with Gasteiger partial charge in [-0.3, -0.25) is 0 Å². The third-order valence-corrected chi connectivity index (χ3v) is 3.95. The van der Waals surface area contributed by atoms with Crippen LogP contribution in [0.1, 0.15) is 12.7 Å². The van der Waals surface area contributed by atoms with Gasteiger partial charge in [-0.25, -0.2) is 19.6 Å². The highest BCUT2D eigenvalue weighted by Crippen LogP contribution is 2.34. The molecule has 8 heteroatoms. The van der Waals surface area contributed by atoms with Crippen molar-refractivity contribution < 1.29 is 4.74 Å². The van der Waals surface area contributed by atoms with E-state index in [0.29, 0.717) is 24.1 Å².